The first-order chi connectivity index (χ1) is 11.7. The summed E-state index contributed by atoms with van der Waals surface area (Å²) in [6.45, 7) is 0. The highest BCUT2D eigenvalue weighted by Crippen LogP contribution is 2.19. The molecule has 0 aliphatic carbocycles. The van der Waals surface area contributed by atoms with Crippen molar-refractivity contribution in [3.8, 4) is 17.2 Å². The van der Waals surface area contributed by atoms with Gasteiger partial charge in [0, 0.05) is 30.2 Å². The quantitative estimate of drug-likeness (QED) is 0.753. The summed E-state index contributed by atoms with van der Waals surface area (Å²) in [7, 11) is 1.58. The summed E-state index contributed by atoms with van der Waals surface area (Å²) >= 11 is 0. The number of aryl methyl sites for hydroxylation is 1. The number of ether oxygens (including phenoxy) is 1. The van der Waals surface area contributed by atoms with E-state index >= 15 is 0 Å². The number of hydrogen-bond acceptors (Lipinski definition) is 5. The summed E-state index contributed by atoms with van der Waals surface area (Å²) < 4.78 is 10.7. The van der Waals surface area contributed by atoms with Crippen molar-refractivity contribution in [3.05, 3.63) is 60.5 Å². The van der Waals surface area contributed by atoms with Crippen LogP contribution in [-0.2, 0) is 11.2 Å². The Morgan fingerprint density at radius 2 is 1.96 bits per heavy atom. The molecule has 1 N–H and O–H groups in total. The molecule has 1 amide bonds. The van der Waals surface area contributed by atoms with E-state index < -0.39 is 0 Å². The van der Waals surface area contributed by atoms with Crippen molar-refractivity contribution >= 4 is 11.6 Å². The van der Waals surface area contributed by atoms with Crippen molar-refractivity contribution < 1.29 is 13.9 Å². The fraction of sp³-hybridized carbons (Fsp3) is 0.167. The van der Waals surface area contributed by atoms with Crippen LogP contribution in [0.2, 0.25) is 0 Å². The van der Waals surface area contributed by atoms with E-state index in [2.05, 4.69) is 15.5 Å². The van der Waals surface area contributed by atoms with Crippen LogP contribution in [-0.4, -0.2) is 23.2 Å². The van der Waals surface area contributed by atoms with E-state index in [0.717, 1.165) is 5.56 Å². The van der Waals surface area contributed by atoms with Gasteiger partial charge in [0.2, 0.25) is 17.7 Å². The molecule has 0 spiro atoms. The number of carbonyl (C=O) groups is 1. The molecule has 0 atom stereocenters. The summed E-state index contributed by atoms with van der Waals surface area (Å²) in [5, 5.41) is 10.8. The van der Waals surface area contributed by atoms with Crippen LogP contribution in [0.3, 0.4) is 0 Å². The maximum atomic E-state index is 12.0. The van der Waals surface area contributed by atoms with Gasteiger partial charge in [-0.3, -0.25) is 4.79 Å². The molecule has 0 unspecified atom stereocenters. The van der Waals surface area contributed by atoms with Gasteiger partial charge in [-0.2, -0.15) is 0 Å². The maximum Gasteiger partial charge on any atom is 0.247 e. The number of carbonyl (C=O) groups excluding carboxylic acids is 1. The van der Waals surface area contributed by atoms with Gasteiger partial charge < -0.3 is 14.5 Å². The zero-order valence-electron chi connectivity index (χ0n) is 13.2. The van der Waals surface area contributed by atoms with Gasteiger partial charge >= 0.3 is 0 Å². The molecule has 0 aliphatic heterocycles. The third-order valence-electron chi connectivity index (χ3n) is 3.41. The highest BCUT2D eigenvalue weighted by Gasteiger charge is 2.10. The Morgan fingerprint density at radius 3 is 2.75 bits per heavy atom. The Kier molecular flexibility index (Phi) is 4.86. The van der Waals surface area contributed by atoms with Gasteiger partial charge in [-0.25, -0.2) is 0 Å². The number of nitrogens with zero attached hydrogens (tertiary/aromatic N) is 2. The Balaban J connectivity index is 1.56. The number of rotatable bonds is 6. The van der Waals surface area contributed by atoms with Crippen LogP contribution in [0.5, 0.6) is 5.75 Å². The fourth-order valence-corrected chi connectivity index (χ4v) is 2.20. The number of benzene rings is 2. The number of methoxy groups -OCH3 is 1. The van der Waals surface area contributed by atoms with Crippen molar-refractivity contribution in [2.75, 3.05) is 12.4 Å². The van der Waals surface area contributed by atoms with Crippen LogP contribution < -0.4 is 10.1 Å². The van der Waals surface area contributed by atoms with Gasteiger partial charge in [-0.1, -0.05) is 24.3 Å². The lowest BCUT2D eigenvalue weighted by Crippen LogP contribution is -2.12. The highest BCUT2D eigenvalue weighted by atomic mass is 16.5. The fourth-order valence-electron chi connectivity index (χ4n) is 2.20. The molecule has 6 heteroatoms. The predicted molar refractivity (Wildman–Crippen MR) is 89.7 cm³/mol. The minimum atomic E-state index is -0.122. The number of hydrogen-bond donors (Lipinski definition) is 1. The third-order valence-corrected chi connectivity index (χ3v) is 3.41. The lowest BCUT2D eigenvalue weighted by molar-refractivity contribution is -0.116. The van der Waals surface area contributed by atoms with E-state index in [9.17, 15) is 4.79 Å². The average Bonchev–Trinajstić information content (AvgIpc) is 3.10. The highest BCUT2D eigenvalue weighted by molar-refractivity contribution is 5.90. The average molecular weight is 323 g/mol. The number of aromatic nitrogens is 2. The minimum Gasteiger partial charge on any atom is -0.497 e. The van der Waals surface area contributed by atoms with Crippen LogP contribution >= 0.6 is 0 Å². The zero-order chi connectivity index (χ0) is 16.8. The Bertz CT molecular complexity index is 815. The predicted octanol–water partition coefficient (Wildman–Crippen LogP) is 3.32. The van der Waals surface area contributed by atoms with Crippen LogP contribution in [0.4, 0.5) is 5.69 Å². The first-order valence-electron chi connectivity index (χ1n) is 7.56. The monoisotopic (exact) mass is 323 g/mol. The molecule has 0 aliphatic rings. The molecule has 3 rings (SSSR count). The molecule has 0 fully saturated rings. The van der Waals surface area contributed by atoms with E-state index in [1.165, 1.54) is 0 Å². The topological polar surface area (TPSA) is 77.2 Å². The van der Waals surface area contributed by atoms with Gasteiger partial charge in [0.15, 0.2) is 0 Å². The van der Waals surface area contributed by atoms with E-state index in [0.29, 0.717) is 29.6 Å². The summed E-state index contributed by atoms with van der Waals surface area (Å²) in [4.78, 5) is 12.0. The second-order valence-corrected chi connectivity index (χ2v) is 5.15. The number of amides is 1. The van der Waals surface area contributed by atoms with Crippen molar-refractivity contribution in [1.82, 2.24) is 10.2 Å². The molecule has 0 saturated carbocycles. The smallest absolute Gasteiger partial charge is 0.247 e. The van der Waals surface area contributed by atoms with Gasteiger partial charge in [0.1, 0.15) is 5.75 Å². The van der Waals surface area contributed by atoms with E-state index in [1.54, 1.807) is 19.2 Å². The van der Waals surface area contributed by atoms with Crippen molar-refractivity contribution in [2.24, 2.45) is 0 Å². The normalized spacial score (nSPS) is 10.4. The van der Waals surface area contributed by atoms with E-state index in [4.69, 9.17) is 9.15 Å². The lowest BCUT2D eigenvalue weighted by atomic mass is 10.2. The van der Waals surface area contributed by atoms with Crippen molar-refractivity contribution in [1.29, 1.82) is 0 Å². The van der Waals surface area contributed by atoms with Crippen LogP contribution in [0, 0.1) is 0 Å². The lowest BCUT2D eigenvalue weighted by Gasteiger charge is -2.06. The summed E-state index contributed by atoms with van der Waals surface area (Å²) in [6, 6.07) is 16.7. The number of nitrogens with one attached hydrogen (secondary N) is 1. The molecular formula is C18H17N3O3. The Labute approximate surface area is 139 Å². The number of anilines is 1. The van der Waals surface area contributed by atoms with Gasteiger partial charge in [-0.15, -0.1) is 10.2 Å². The second-order valence-electron chi connectivity index (χ2n) is 5.15. The van der Waals surface area contributed by atoms with Crippen LogP contribution in [0.15, 0.2) is 59.0 Å². The van der Waals surface area contributed by atoms with E-state index in [-0.39, 0.29) is 12.3 Å². The molecule has 3 aromatic rings. The molecule has 24 heavy (non-hydrogen) atoms. The summed E-state index contributed by atoms with van der Waals surface area (Å²) in [6.07, 6.45) is 0.642. The first-order valence-corrected chi connectivity index (χ1v) is 7.56. The first kappa shape index (κ1) is 15.7. The third kappa shape index (κ3) is 3.98. The summed E-state index contributed by atoms with van der Waals surface area (Å²) in [5.74, 6) is 1.47. The Morgan fingerprint density at radius 1 is 1.12 bits per heavy atom. The molecule has 122 valence electrons. The molecule has 1 aromatic heterocycles. The van der Waals surface area contributed by atoms with Gasteiger partial charge in [0.25, 0.3) is 0 Å². The molecule has 2 aromatic carbocycles. The van der Waals surface area contributed by atoms with Gasteiger partial charge in [-0.05, 0) is 24.3 Å². The maximum absolute atomic E-state index is 12.0. The van der Waals surface area contributed by atoms with Crippen LogP contribution in [0.1, 0.15) is 12.3 Å². The molecular weight excluding hydrogens is 306 g/mol. The minimum absolute atomic E-state index is 0.122. The SMILES string of the molecule is COc1cccc(NC(=O)CCc2nnc(-c3ccccc3)o2)c1. The standard InChI is InChI=1S/C18H17N3O3/c1-23-15-9-5-8-14(12-15)19-16(22)10-11-17-20-21-18(24-17)13-6-3-2-4-7-13/h2-9,12H,10-11H2,1H3,(H,19,22). The molecule has 6 nitrogen and oxygen atoms in total. The molecule has 0 bridgehead atoms. The summed E-state index contributed by atoms with van der Waals surface area (Å²) in [5.41, 5.74) is 1.55. The molecule has 0 saturated heterocycles. The molecule has 1 heterocycles. The Hall–Kier alpha value is -3.15. The van der Waals surface area contributed by atoms with Crippen LogP contribution in [0.25, 0.3) is 11.5 Å². The second kappa shape index (κ2) is 7.41. The van der Waals surface area contributed by atoms with Crippen molar-refractivity contribution in [3.63, 3.8) is 0 Å². The van der Waals surface area contributed by atoms with Crippen molar-refractivity contribution in [2.45, 2.75) is 12.8 Å². The molecule has 0 radical (unpaired) electrons. The zero-order valence-corrected chi connectivity index (χ0v) is 13.2. The van der Waals surface area contributed by atoms with E-state index in [1.807, 2.05) is 42.5 Å². The van der Waals surface area contributed by atoms with Gasteiger partial charge in [0.05, 0.1) is 7.11 Å². The largest absolute Gasteiger partial charge is 0.497 e.